The molecule has 1 aromatic carbocycles. The molecule has 1 saturated carbocycles. The molecule has 0 unspecified atom stereocenters. The van der Waals surface area contributed by atoms with Crippen molar-refractivity contribution in [1.29, 1.82) is 0 Å². The molecule has 1 heterocycles. The minimum absolute atomic E-state index is 0.0998. The van der Waals surface area contributed by atoms with Gasteiger partial charge in [0.2, 0.25) is 5.91 Å². The molecule has 0 saturated heterocycles. The Morgan fingerprint density at radius 2 is 1.96 bits per heavy atom. The van der Waals surface area contributed by atoms with Gasteiger partial charge in [-0.05, 0) is 43.9 Å². The topological polar surface area (TPSA) is 77.1 Å². The van der Waals surface area contributed by atoms with Crippen LogP contribution in [0.5, 0.6) is 0 Å². The number of hydrogen-bond donors (Lipinski definition) is 2. The molecule has 6 heteroatoms. The molecule has 1 aliphatic rings. The number of nitrogens with two attached hydrogens (primary N) is 1. The van der Waals surface area contributed by atoms with Crippen LogP contribution in [0.15, 0.2) is 28.9 Å². The van der Waals surface area contributed by atoms with E-state index < -0.39 is 5.91 Å². The lowest BCUT2D eigenvalue weighted by Crippen LogP contribution is -2.31. The summed E-state index contributed by atoms with van der Waals surface area (Å²) in [4.78, 5) is 23.6. The van der Waals surface area contributed by atoms with E-state index in [1.165, 1.54) is 0 Å². The standard InChI is InChI=1S/C17H20BrN3O2/c1-20-17(23)10-2-4-13(5-3-10)21-7-6-11-8-12(18)9-14(15(11)21)16(19)22/h6-10,13H,2-5H2,1H3,(H2,19,22)(H,20,23). The quantitative estimate of drug-likeness (QED) is 0.862. The summed E-state index contributed by atoms with van der Waals surface area (Å²) < 4.78 is 3.00. The van der Waals surface area contributed by atoms with Crippen molar-refractivity contribution in [3.8, 4) is 0 Å². The summed E-state index contributed by atoms with van der Waals surface area (Å²) in [5.74, 6) is -0.194. The number of halogens is 1. The molecule has 0 aliphatic heterocycles. The van der Waals surface area contributed by atoms with Gasteiger partial charge in [-0.1, -0.05) is 15.9 Å². The van der Waals surface area contributed by atoms with Crippen LogP contribution in [0.25, 0.3) is 10.9 Å². The number of nitrogens with one attached hydrogen (secondary N) is 1. The maximum Gasteiger partial charge on any atom is 0.250 e. The molecule has 0 bridgehead atoms. The molecule has 0 radical (unpaired) electrons. The van der Waals surface area contributed by atoms with Gasteiger partial charge in [0.1, 0.15) is 0 Å². The van der Waals surface area contributed by atoms with Crippen molar-refractivity contribution < 1.29 is 9.59 Å². The summed E-state index contributed by atoms with van der Waals surface area (Å²) in [7, 11) is 1.69. The zero-order valence-corrected chi connectivity index (χ0v) is 14.6. The van der Waals surface area contributed by atoms with Crippen molar-refractivity contribution in [2.24, 2.45) is 11.7 Å². The van der Waals surface area contributed by atoms with Crippen LogP contribution in [0.4, 0.5) is 0 Å². The van der Waals surface area contributed by atoms with Crippen LogP contribution < -0.4 is 11.1 Å². The van der Waals surface area contributed by atoms with Crippen molar-refractivity contribution in [2.75, 3.05) is 7.05 Å². The molecule has 5 nitrogen and oxygen atoms in total. The molecule has 2 amide bonds. The van der Waals surface area contributed by atoms with E-state index in [1.54, 1.807) is 13.1 Å². The zero-order valence-electron chi connectivity index (χ0n) is 13.0. The number of amides is 2. The number of nitrogens with zero attached hydrogens (tertiary/aromatic N) is 1. The fraction of sp³-hybridized carbons (Fsp3) is 0.412. The number of hydrogen-bond acceptors (Lipinski definition) is 2. The van der Waals surface area contributed by atoms with Gasteiger partial charge in [0.25, 0.3) is 5.91 Å². The monoisotopic (exact) mass is 377 g/mol. The van der Waals surface area contributed by atoms with Gasteiger partial charge in [-0.25, -0.2) is 0 Å². The van der Waals surface area contributed by atoms with Gasteiger partial charge < -0.3 is 15.6 Å². The minimum Gasteiger partial charge on any atom is -0.366 e. The third kappa shape index (κ3) is 3.00. The maximum atomic E-state index is 11.8. The summed E-state index contributed by atoms with van der Waals surface area (Å²) in [6.45, 7) is 0. The Bertz CT molecular complexity index is 761. The van der Waals surface area contributed by atoms with Crippen molar-refractivity contribution in [2.45, 2.75) is 31.7 Å². The number of benzene rings is 1. The van der Waals surface area contributed by atoms with Gasteiger partial charge in [-0.3, -0.25) is 9.59 Å². The summed E-state index contributed by atoms with van der Waals surface area (Å²) >= 11 is 3.43. The van der Waals surface area contributed by atoms with E-state index >= 15 is 0 Å². The van der Waals surface area contributed by atoms with Crippen LogP contribution in [-0.2, 0) is 4.79 Å². The molecule has 1 aromatic heterocycles. The van der Waals surface area contributed by atoms with Crippen LogP contribution in [0.3, 0.4) is 0 Å². The molecular formula is C17H20BrN3O2. The molecule has 122 valence electrons. The van der Waals surface area contributed by atoms with Gasteiger partial charge in [-0.15, -0.1) is 0 Å². The predicted molar refractivity (Wildman–Crippen MR) is 93.2 cm³/mol. The van der Waals surface area contributed by atoms with Gasteiger partial charge in [0, 0.05) is 35.1 Å². The first-order chi connectivity index (χ1) is 11.0. The van der Waals surface area contributed by atoms with Crippen molar-refractivity contribution in [3.63, 3.8) is 0 Å². The molecule has 2 aromatic rings. The Hall–Kier alpha value is -1.82. The van der Waals surface area contributed by atoms with Crippen LogP contribution in [-0.4, -0.2) is 23.4 Å². The van der Waals surface area contributed by atoms with E-state index in [0.717, 1.165) is 41.1 Å². The van der Waals surface area contributed by atoms with Gasteiger partial charge in [0.05, 0.1) is 11.1 Å². The van der Waals surface area contributed by atoms with Gasteiger partial charge >= 0.3 is 0 Å². The number of aromatic nitrogens is 1. The van der Waals surface area contributed by atoms with E-state index in [4.69, 9.17) is 5.73 Å². The maximum absolute atomic E-state index is 11.8. The lowest BCUT2D eigenvalue weighted by atomic mass is 9.85. The number of rotatable bonds is 3. The average Bonchev–Trinajstić information content (AvgIpc) is 2.96. The van der Waals surface area contributed by atoms with Crippen molar-refractivity contribution >= 4 is 38.6 Å². The SMILES string of the molecule is CNC(=O)C1CCC(n2ccc3cc(Br)cc(C(N)=O)c32)CC1. The van der Waals surface area contributed by atoms with Crippen molar-refractivity contribution in [3.05, 3.63) is 34.4 Å². The van der Waals surface area contributed by atoms with E-state index in [-0.39, 0.29) is 11.8 Å². The molecule has 3 N–H and O–H groups in total. The van der Waals surface area contributed by atoms with Crippen LogP contribution in [0.1, 0.15) is 42.1 Å². The third-order valence-electron chi connectivity index (χ3n) is 4.75. The first kappa shape index (κ1) is 16.1. The first-order valence-electron chi connectivity index (χ1n) is 7.82. The van der Waals surface area contributed by atoms with Crippen molar-refractivity contribution in [1.82, 2.24) is 9.88 Å². The highest BCUT2D eigenvalue weighted by molar-refractivity contribution is 9.10. The normalized spacial score (nSPS) is 21.3. The lowest BCUT2D eigenvalue weighted by molar-refractivity contribution is -0.125. The van der Waals surface area contributed by atoms with Crippen LogP contribution >= 0.6 is 15.9 Å². The largest absolute Gasteiger partial charge is 0.366 e. The minimum atomic E-state index is -0.421. The Labute approximate surface area is 143 Å². The predicted octanol–water partition coefficient (Wildman–Crippen LogP) is 2.98. The fourth-order valence-electron chi connectivity index (χ4n) is 3.58. The number of carbonyl (C=O) groups is 2. The highest BCUT2D eigenvalue weighted by atomic mass is 79.9. The number of fused-ring (bicyclic) bond motifs is 1. The number of primary amides is 1. The second-order valence-corrected chi connectivity index (χ2v) is 7.01. The average molecular weight is 378 g/mol. The van der Waals surface area contributed by atoms with E-state index in [2.05, 4.69) is 25.8 Å². The highest BCUT2D eigenvalue weighted by Gasteiger charge is 2.27. The highest BCUT2D eigenvalue weighted by Crippen LogP contribution is 2.36. The first-order valence-corrected chi connectivity index (χ1v) is 8.62. The molecule has 0 atom stereocenters. The van der Waals surface area contributed by atoms with E-state index in [1.807, 2.05) is 18.3 Å². The van der Waals surface area contributed by atoms with Gasteiger partial charge in [0.15, 0.2) is 0 Å². The Morgan fingerprint density at radius 3 is 2.57 bits per heavy atom. The fourth-order valence-corrected chi connectivity index (χ4v) is 4.06. The Kier molecular flexibility index (Phi) is 4.43. The second kappa shape index (κ2) is 6.35. The summed E-state index contributed by atoms with van der Waals surface area (Å²) in [5, 5.41) is 3.73. The third-order valence-corrected chi connectivity index (χ3v) is 5.21. The molecule has 1 aliphatic carbocycles. The van der Waals surface area contributed by atoms with Gasteiger partial charge in [-0.2, -0.15) is 0 Å². The molecular weight excluding hydrogens is 358 g/mol. The number of carbonyl (C=O) groups excluding carboxylic acids is 2. The Morgan fingerprint density at radius 1 is 1.26 bits per heavy atom. The molecule has 23 heavy (non-hydrogen) atoms. The Balaban J connectivity index is 1.93. The van der Waals surface area contributed by atoms with Crippen LogP contribution in [0.2, 0.25) is 0 Å². The summed E-state index contributed by atoms with van der Waals surface area (Å²) in [6, 6.07) is 6.08. The summed E-state index contributed by atoms with van der Waals surface area (Å²) in [6.07, 6.45) is 5.61. The molecule has 0 spiro atoms. The second-order valence-electron chi connectivity index (χ2n) is 6.10. The molecule has 1 fully saturated rings. The smallest absolute Gasteiger partial charge is 0.250 e. The van der Waals surface area contributed by atoms with Crippen LogP contribution in [0, 0.1) is 5.92 Å². The van der Waals surface area contributed by atoms with E-state index in [9.17, 15) is 9.59 Å². The lowest BCUT2D eigenvalue weighted by Gasteiger charge is -2.29. The molecule has 3 rings (SSSR count). The van der Waals surface area contributed by atoms with E-state index in [0.29, 0.717) is 11.6 Å². The summed E-state index contributed by atoms with van der Waals surface area (Å²) in [5.41, 5.74) is 6.99. The zero-order chi connectivity index (χ0) is 16.6.